The smallest absolute Gasteiger partial charge is 0.225 e. The Morgan fingerprint density at radius 2 is 2.18 bits per heavy atom. The topological polar surface area (TPSA) is 68.3 Å². The fourth-order valence-corrected chi connectivity index (χ4v) is 1.22. The molecular formula is C11H20N4O2. The minimum Gasteiger partial charge on any atom is -0.478 e. The first-order valence-corrected chi connectivity index (χ1v) is 5.76. The lowest BCUT2D eigenvalue weighted by molar-refractivity contribution is 0.200. The van der Waals surface area contributed by atoms with Gasteiger partial charge in [0, 0.05) is 39.0 Å². The number of hydrogen-bond donors (Lipinski definition) is 2. The average molecular weight is 240 g/mol. The zero-order valence-electron chi connectivity index (χ0n) is 10.4. The Kier molecular flexibility index (Phi) is 7.01. The molecule has 1 aromatic heterocycles. The van der Waals surface area contributed by atoms with Crippen LogP contribution in [0.25, 0.3) is 0 Å². The highest BCUT2D eigenvalue weighted by Crippen LogP contribution is 2.07. The molecule has 0 unspecified atom stereocenters. The van der Waals surface area contributed by atoms with Crippen molar-refractivity contribution in [3.8, 4) is 5.88 Å². The van der Waals surface area contributed by atoms with Gasteiger partial charge in [0.25, 0.3) is 0 Å². The second-order valence-electron chi connectivity index (χ2n) is 3.32. The van der Waals surface area contributed by atoms with Crippen LogP contribution >= 0.6 is 0 Å². The van der Waals surface area contributed by atoms with Crippen molar-refractivity contribution in [3.63, 3.8) is 0 Å². The summed E-state index contributed by atoms with van der Waals surface area (Å²) in [6, 6.07) is 1.74. The molecule has 0 radical (unpaired) electrons. The van der Waals surface area contributed by atoms with Crippen molar-refractivity contribution < 1.29 is 9.47 Å². The van der Waals surface area contributed by atoms with Gasteiger partial charge in [0.05, 0.1) is 13.2 Å². The van der Waals surface area contributed by atoms with E-state index in [1.807, 2.05) is 6.92 Å². The minimum atomic E-state index is 0.587. The molecule has 6 nitrogen and oxygen atoms in total. The molecule has 0 atom stereocenters. The first kappa shape index (κ1) is 13.7. The fourth-order valence-electron chi connectivity index (χ4n) is 1.22. The monoisotopic (exact) mass is 240 g/mol. The lowest BCUT2D eigenvalue weighted by atomic mass is 10.5. The van der Waals surface area contributed by atoms with Gasteiger partial charge in [-0.1, -0.05) is 0 Å². The molecule has 0 aliphatic heterocycles. The van der Waals surface area contributed by atoms with E-state index in [9.17, 15) is 0 Å². The van der Waals surface area contributed by atoms with Crippen molar-refractivity contribution in [2.45, 2.75) is 6.92 Å². The highest BCUT2D eigenvalue weighted by atomic mass is 16.5. The summed E-state index contributed by atoms with van der Waals surface area (Å²) >= 11 is 0. The number of hydrogen-bond acceptors (Lipinski definition) is 6. The summed E-state index contributed by atoms with van der Waals surface area (Å²) in [5.74, 6) is 1.18. The standard InChI is InChI=1S/C11H20N4O2/c1-3-17-10-4-5-13-11(15-10)14-7-6-12-8-9-16-2/h4-5,12H,3,6-9H2,1-2H3,(H,13,14,15). The highest BCUT2D eigenvalue weighted by molar-refractivity contribution is 5.27. The molecule has 17 heavy (non-hydrogen) atoms. The van der Waals surface area contributed by atoms with E-state index in [1.165, 1.54) is 0 Å². The van der Waals surface area contributed by atoms with Crippen LogP contribution in [-0.4, -0.2) is 49.9 Å². The third-order valence-corrected chi connectivity index (χ3v) is 1.99. The molecule has 1 aromatic rings. The maximum Gasteiger partial charge on any atom is 0.225 e. The van der Waals surface area contributed by atoms with Crippen LogP contribution < -0.4 is 15.4 Å². The van der Waals surface area contributed by atoms with Gasteiger partial charge < -0.3 is 20.1 Å². The van der Waals surface area contributed by atoms with E-state index in [2.05, 4.69) is 20.6 Å². The summed E-state index contributed by atoms with van der Waals surface area (Å²) < 4.78 is 10.2. The fraction of sp³-hybridized carbons (Fsp3) is 0.636. The molecule has 0 bridgehead atoms. The first-order valence-electron chi connectivity index (χ1n) is 5.76. The van der Waals surface area contributed by atoms with Gasteiger partial charge in [-0.3, -0.25) is 0 Å². The molecule has 1 heterocycles. The van der Waals surface area contributed by atoms with Crippen LogP contribution in [0.3, 0.4) is 0 Å². The van der Waals surface area contributed by atoms with E-state index in [0.717, 1.165) is 26.2 Å². The van der Waals surface area contributed by atoms with Crippen LogP contribution in [0.5, 0.6) is 5.88 Å². The number of nitrogens with zero attached hydrogens (tertiary/aromatic N) is 2. The molecule has 0 saturated heterocycles. The van der Waals surface area contributed by atoms with E-state index < -0.39 is 0 Å². The molecule has 0 aliphatic carbocycles. The summed E-state index contributed by atoms with van der Waals surface area (Å²) in [5.41, 5.74) is 0. The van der Waals surface area contributed by atoms with Crippen LogP contribution in [0.1, 0.15) is 6.92 Å². The first-order chi connectivity index (χ1) is 8.36. The maximum atomic E-state index is 5.28. The van der Waals surface area contributed by atoms with Crippen molar-refractivity contribution >= 4 is 5.95 Å². The van der Waals surface area contributed by atoms with E-state index in [1.54, 1.807) is 19.4 Å². The van der Waals surface area contributed by atoms with Crippen LogP contribution in [-0.2, 0) is 4.74 Å². The predicted octanol–water partition coefficient (Wildman–Crippen LogP) is 0.523. The molecule has 0 amide bonds. The van der Waals surface area contributed by atoms with Crippen molar-refractivity contribution in [2.24, 2.45) is 0 Å². The van der Waals surface area contributed by atoms with Crippen LogP contribution in [0.4, 0.5) is 5.95 Å². The van der Waals surface area contributed by atoms with Crippen molar-refractivity contribution in [1.82, 2.24) is 15.3 Å². The molecule has 0 fully saturated rings. The molecule has 1 rings (SSSR count). The SMILES string of the molecule is CCOc1ccnc(NCCNCCOC)n1. The van der Waals surface area contributed by atoms with E-state index in [0.29, 0.717) is 18.4 Å². The summed E-state index contributed by atoms with van der Waals surface area (Å²) in [6.07, 6.45) is 1.68. The predicted molar refractivity (Wildman–Crippen MR) is 66.4 cm³/mol. The normalized spacial score (nSPS) is 10.2. The van der Waals surface area contributed by atoms with Gasteiger partial charge in [0.2, 0.25) is 11.8 Å². The molecule has 6 heteroatoms. The van der Waals surface area contributed by atoms with Gasteiger partial charge in [0.15, 0.2) is 0 Å². The molecule has 96 valence electrons. The maximum absolute atomic E-state index is 5.28. The molecular weight excluding hydrogens is 220 g/mol. The van der Waals surface area contributed by atoms with Crippen LogP contribution in [0, 0.1) is 0 Å². The third-order valence-electron chi connectivity index (χ3n) is 1.99. The van der Waals surface area contributed by atoms with Crippen molar-refractivity contribution in [1.29, 1.82) is 0 Å². The van der Waals surface area contributed by atoms with Gasteiger partial charge in [-0.15, -0.1) is 0 Å². The summed E-state index contributed by atoms with van der Waals surface area (Å²) in [5, 5.41) is 6.34. The number of anilines is 1. The van der Waals surface area contributed by atoms with Gasteiger partial charge in [-0.2, -0.15) is 4.98 Å². The number of methoxy groups -OCH3 is 1. The van der Waals surface area contributed by atoms with E-state index >= 15 is 0 Å². The highest BCUT2D eigenvalue weighted by Gasteiger charge is 1.98. The second-order valence-corrected chi connectivity index (χ2v) is 3.32. The molecule has 0 saturated carbocycles. The number of aromatic nitrogens is 2. The Morgan fingerprint density at radius 3 is 2.94 bits per heavy atom. The minimum absolute atomic E-state index is 0.587. The Bertz CT molecular complexity index is 309. The summed E-state index contributed by atoms with van der Waals surface area (Å²) in [6.45, 7) is 5.70. The van der Waals surface area contributed by atoms with Gasteiger partial charge in [-0.05, 0) is 6.92 Å². The zero-order valence-corrected chi connectivity index (χ0v) is 10.4. The average Bonchev–Trinajstić information content (AvgIpc) is 2.35. The molecule has 2 N–H and O–H groups in total. The molecule has 0 aromatic carbocycles. The Hall–Kier alpha value is -1.40. The zero-order chi connectivity index (χ0) is 12.3. The van der Waals surface area contributed by atoms with Gasteiger partial charge in [-0.25, -0.2) is 4.98 Å². The van der Waals surface area contributed by atoms with Crippen molar-refractivity contribution in [2.75, 3.05) is 45.3 Å². The third kappa shape index (κ3) is 6.03. The van der Waals surface area contributed by atoms with Crippen LogP contribution in [0.2, 0.25) is 0 Å². The lowest BCUT2D eigenvalue weighted by Crippen LogP contribution is -2.25. The Balaban J connectivity index is 2.19. The number of nitrogens with one attached hydrogen (secondary N) is 2. The summed E-state index contributed by atoms with van der Waals surface area (Å²) in [7, 11) is 1.69. The van der Waals surface area contributed by atoms with Gasteiger partial charge >= 0.3 is 0 Å². The number of ether oxygens (including phenoxy) is 2. The van der Waals surface area contributed by atoms with E-state index in [-0.39, 0.29) is 0 Å². The van der Waals surface area contributed by atoms with Gasteiger partial charge in [0.1, 0.15) is 0 Å². The largest absolute Gasteiger partial charge is 0.478 e. The molecule has 0 aliphatic rings. The van der Waals surface area contributed by atoms with Crippen molar-refractivity contribution in [3.05, 3.63) is 12.3 Å². The number of rotatable bonds is 9. The van der Waals surface area contributed by atoms with E-state index in [4.69, 9.17) is 9.47 Å². The lowest BCUT2D eigenvalue weighted by Gasteiger charge is -2.07. The Morgan fingerprint density at radius 1 is 1.29 bits per heavy atom. The molecule has 0 spiro atoms. The second kappa shape index (κ2) is 8.72. The van der Waals surface area contributed by atoms with Crippen LogP contribution in [0.15, 0.2) is 12.3 Å². The quantitative estimate of drug-likeness (QED) is 0.613. The Labute approximate surface area is 102 Å². The summed E-state index contributed by atoms with van der Waals surface area (Å²) in [4.78, 5) is 8.30.